The zero-order valence-corrected chi connectivity index (χ0v) is 12.2. The van der Waals surface area contributed by atoms with Gasteiger partial charge in [-0.15, -0.1) is 0 Å². The summed E-state index contributed by atoms with van der Waals surface area (Å²) in [7, 11) is 0. The Balaban J connectivity index is 1.97. The highest BCUT2D eigenvalue weighted by Crippen LogP contribution is 2.49. The normalized spacial score (nSPS) is 29.0. The van der Waals surface area contributed by atoms with Crippen LogP contribution in [0.1, 0.15) is 33.1 Å². The van der Waals surface area contributed by atoms with Gasteiger partial charge in [0.05, 0.1) is 12.1 Å². The van der Waals surface area contributed by atoms with E-state index >= 15 is 0 Å². The van der Waals surface area contributed by atoms with E-state index in [0.29, 0.717) is 11.4 Å². The quantitative estimate of drug-likeness (QED) is 0.854. The molecule has 3 nitrogen and oxygen atoms in total. The fraction of sp³-hybridized carbons (Fsp3) is 0.533. The van der Waals surface area contributed by atoms with Crippen LogP contribution in [-0.2, 0) is 0 Å². The summed E-state index contributed by atoms with van der Waals surface area (Å²) < 4.78 is 0. The monoisotopic (exact) mass is 277 g/mol. The summed E-state index contributed by atoms with van der Waals surface area (Å²) >= 11 is 5.97. The molecule has 2 aliphatic rings. The molecule has 1 unspecified atom stereocenters. The number of hydrogen-bond donors (Lipinski definition) is 1. The number of hydrogen-bond acceptors (Lipinski definition) is 3. The van der Waals surface area contributed by atoms with Crippen molar-refractivity contribution in [1.29, 1.82) is 0 Å². The largest absolute Gasteiger partial charge is 0.369 e. The van der Waals surface area contributed by atoms with Crippen molar-refractivity contribution in [2.75, 3.05) is 11.4 Å². The second kappa shape index (κ2) is 4.14. The maximum absolute atomic E-state index is 6.14. The van der Waals surface area contributed by atoms with Gasteiger partial charge in [0.1, 0.15) is 0 Å². The molecular weight excluding hydrogens is 258 g/mol. The fourth-order valence-corrected chi connectivity index (χ4v) is 3.70. The van der Waals surface area contributed by atoms with Crippen LogP contribution in [0.25, 0.3) is 0 Å². The molecule has 0 amide bonds. The molecule has 0 saturated heterocycles. The second-order valence-corrected chi connectivity index (χ2v) is 6.99. The molecular formula is C15H20ClN3. The Morgan fingerprint density at radius 2 is 1.89 bits per heavy atom. The highest BCUT2D eigenvalue weighted by atomic mass is 35.5. The Morgan fingerprint density at radius 3 is 2.47 bits per heavy atom. The number of halogens is 1. The Bertz CT molecular complexity index is 521. The average molecular weight is 278 g/mol. The Kier molecular flexibility index (Phi) is 2.79. The summed E-state index contributed by atoms with van der Waals surface area (Å²) in [6.45, 7) is 5.47. The molecule has 1 fully saturated rings. The molecule has 4 heteroatoms. The van der Waals surface area contributed by atoms with Gasteiger partial charge >= 0.3 is 0 Å². The Morgan fingerprint density at radius 1 is 1.21 bits per heavy atom. The third kappa shape index (κ3) is 2.10. The van der Waals surface area contributed by atoms with Crippen LogP contribution in [0.2, 0.25) is 5.02 Å². The Hall–Kier alpha value is -1.22. The average Bonchev–Trinajstić information content (AvgIpc) is 2.82. The minimum absolute atomic E-state index is 0.0708. The molecule has 0 aromatic heterocycles. The summed E-state index contributed by atoms with van der Waals surface area (Å²) in [4.78, 5) is 6.72. The van der Waals surface area contributed by atoms with Crippen LogP contribution < -0.4 is 10.6 Å². The van der Waals surface area contributed by atoms with Gasteiger partial charge in [-0.2, -0.15) is 0 Å². The van der Waals surface area contributed by atoms with Crippen LogP contribution in [0.4, 0.5) is 5.69 Å². The highest BCUT2D eigenvalue weighted by Gasteiger charge is 2.50. The molecule has 1 heterocycles. The molecule has 1 saturated carbocycles. The van der Waals surface area contributed by atoms with Crippen LogP contribution >= 0.6 is 11.6 Å². The van der Waals surface area contributed by atoms with Gasteiger partial charge in [0.25, 0.3) is 0 Å². The van der Waals surface area contributed by atoms with Crippen molar-refractivity contribution < 1.29 is 0 Å². The number of aliphatic imine (C=N–C) groups is 1. The molecule has 3 rings (SSSR count). The van der Waals surface area contributed by atoms with Crippen molar-refractivity contribution in [1.82, 2.24) is 0 Å². The lowest BCUT2D eigenvalue weighted by molar-refractivity contribution is 0.346. The van der Waals surface area contributed by atoms with Gasteiger partial charge in [0.2, 0.25) is 0 Å². The van der Waals surface area contributed by atoms with Gasteiger partial charge in [0, 0.05) is 10.7 Å². The van der Waals surface area contributed by atoms with Gasteiger partial charge in [0.15, 0.2) is 5.96 Å². The van der Waals surface area contributed by atoms with Crippen LogP contribution in [0.5, 0.6) is 0 Å². The topological polar surface area (TPSA) is 41.6 Å². The van der Waals surface area contributed by atoms with Crippen molar-refractivity contribution in [3.63, 3.8) is 0 Å². The molecule has 19 heavy (non-hydrogen) atoms. The minimum atomic E-state index is 0.0708. The van der Waals surface area contributed by atoms with E-state index < -0.39 is 0 Å². The van der Waals surface area contributed by atoms with E-state index in [0.717, 1.165) is 30.1 Å². The summed E-state index contributed by atoms with van der Waals surface area (Å²) in [5, 5.41) is 0.749. The zero-order chi connectivity index (χ0) is 13.7. The first-order valence-electron chi connectivity index (χ1n) is 6.78. The van der Waals surface area contributed by atoms with Crippen LogP contribution in [0.15, 0.2) is 29.3 Å². The molecule has 0 bridgehead atoms. The number of nitrogens with two attached hydrogens (primary N) is 1. The number of nitrogens with zero attached hydrogens (tertiary/aromatic N) is 2. The highest BCUT2D eigenvalue weighted by molar-refractivity contribution is 6.30. The van der Waals surface area contributed by atoms with E-state index in [4.69, 9.17) is 17.3 Å². The number of rotatable bonds is 1. The maximum atomic E-state index is 6.14. The van der Waals surface area contributed by atoms with E-state index in [2.05, 4.69) is 23.7 Å². The fourth-order valence-electron chi connectivity index (χ4n) is 3.57. The van der Waals surface area contributed by atoms with E-state index in [1.54, 1.807) is 0 Å². The molecule has 1 aromatic carbocycles. The summed E-state index contributed by atoms with van der Waals surface area (Å²) in [6, 6.07) is 7.89. The summed E-state index contributed by atoms with van der Waals surface area (Å²) in [5.74, 6) is 0.639. The van der Waals surface area contributed by atoms with Crippen molar-refractivity contribution in [2.24, 2.45) is 16.1 Å². The molecule has 2 N–H and O–H groups in total. The van der Waals surface area contributed by atoms with Crippen LogP contribution in [0.3, 0.4) is 0 Å². The molecule has 1 spiro atoms. The van der Waals surface area contributed by atoms with Crippen molar-refractivity contribution >= 4 is 23.2 Å². The number of benzene rings is 1. The van der Waals surface area contributed by atoms with E-state index in [1.807, 2.05) is 24.3 Å². The molecule has 1 aliphatic carbocycles. The lowest BCUT2D eigenvalue weighted by atomic mass is 9.87. The molecule has 1 atom stereocenters. The van der Waals surface area contributed by atoms with Gasteiger partial charge in [-0.25, -0.2) is 0 Å². The van der Waals surface area contributed by atoms with E-state index in [9.17, 15) is 0 Å². The lowest BCUT2D eigenvalue weighted by Crippen LogP contribution is -2.50. The molecule has 102 valence electrons. The van der Waals surface area contributed by atoms with Gasteiger partial charge in [-0.1, -0.05) is 25.4 Å². The first-order valence-corrected chi connectivity index (χ1v) is 7.16. The third-order valence-electron chi connectivity index (χ3n) is 4.40. The van der Waals surface area contributed by atoms with Crippen molar-refractivity contribution in [3.05, 3.63) is 29.3 Å². The molecule has 1 aliphatic heterocycles. The first-order chi connectivity index (χ1) is 8.92. The van der Waals surface area contributed by atoms with E-state index in [-0.39, 0.29) is 5.54 Å². The van der Waals surface area contributed by atoms with Gasteiger partial charge in [-0.05, 0) is 48.9 Å². The van der Waals surface area contributed by atoms with Gasteiger partial charge in [-0.3, -0.25) is 4.99 Å². The summed E-state index contributed by atoms with van der Waals surface area (Å²) in [6.07, 6.45) is 3.50. The maximum Gasteiger partial charge on any atom is 0.196 e. The SMILES string of the molecule is CC1(C)CCC2(CN=C(N)N2c2ccc(Cl)cc2)C1. The minimum Gasteiger partial charge on any atom is -0.369 e. The predicted octanol–water partition coefficient (Wildman–Crippen LogP) is 3.42. The van der Waals surface area contributed by atoms with Crippen molar-refractivity contribution in [2.45, 2.75) is 38.6 Å². The molecule has 1 aromatic rings. The van der Waals surface area contributed by atoms with Gasteiger partial charge < -0.3 is 10.6 Å². The van der Waals surface area contributed by atoms with Crippen molar-refractivity contribution in [3.8, 4) is 0 Å². The molecule has 0 radical (unpaired) electrons. The third-order valence-corrected chi connectivity index (χ3v) is 4.65. The number of anilines is 1. The van der Waals surface area contributed by atoms with E-state index in [1.165, 1.54) is 6.42 Å². The predicted molar refractivity (Wildman–Crippen MR) is 80.8 cm³/mol. The second-order valence-electron chi connectivity index (χ2n) is 6.55. The lowest BCUT2D eigenvalue weighted by Gasteiger charge is -2.37. The summed E-state index contributed by atoms with van der Waals surface area (Å²) in [5.41, 5.74) is 7.67. The number of guanidine groups is 1. The van der Waals surface area contributed by atoms with Crippen LogP contribution in [0, 0.1) is 5.41 Å². The first kappa shape index (κ1) is 12.8. The Labute approximate surface area is 119 Å². The smallest absolute Gasteiger partial charge is 0.196 e. The standard InChI is InChI=1S/C15H20ClN3/c1-14(2)7-8-15(9-14)10-18-13(17)19(15)12-5-3-11(16)4-6-12/h3-6H,7-10H2,1-2H3,(H2,17,18). The zero-order valence-electron chi connectivity index (χ0n) is 11.5. The van der Waals surface area contributed by atoms with Crippen LogP contribution in [-0.4, -0.2) is 18.0 Å².